The van der Waals surface area contributed by atoms with Crippen LogP contribution in [0.15, 0.2) is 53.4 Å². The fourth-order valence-corrected chi connectivity index (χ4v) is 1.85. The first-order valence-electron chi connectivity index (χ1n) is 6.51. The quantitative estimate of drug-likeness (QED) is 0.795. The maximum Gasteiger partial charge on any atom is 0.291 e. The average molecular weight is 282 g/mol. The number of rotatable bonds is 4. The van der Waals surface area contributed by atoms with Gasteiger partial charge in [0.2, 0.25) is 5.82 Å². The van der Waals surface area contributed by atoms with Crippen LogP contribution in [0.5, 0.6) is 0 Å². The maximum atomic E-state index is 11.9. The summed E-state index contributed by atoms with van der Waals surface area (Å²) in [6, 6.07) is 11.4. The minimum Gasteiger partial charge on any atom is -0.467 e. The fourth-order valence-electron chi connectivity index (χ4n) is 1.85. The molecule has 0 aliphatic rings. The second-order valence-electron chi connectivity index (χ2n) is 4.61. The number of carbonyl (C=O) groups is 1. The van der Waals surface area contributed by atoms with Crippen LogP contribution in [0.2, 0.25) is 0 Å². The van der Waals surface area contributed by atoms with E-state index in [9.17, 15) is 4.79 Å². The maximum absolute atomic E-state index is 11.9. The Balaban J connectivity index is 1.69. The van der Waals surface area contributed by atoms with Gasteiger partial charge in [0.25, 0.3) is 5.91 Å². The minimum absolute atomic E-state index is 0.127. The van der Waals surface area contributed by atoms with Gasteiger partial charge in [-0.05, 0) is 31.2 Å². The number of nitrogens with zero attached hydrogens (tertiary/aromatic N) is 3. The number of nitrogens with one attached hydrogen (secondary N) is 1. The summed E-state index contributed by atoms with van der Waals surface area (Å²) >= 11 is 0. The van der Waals surface area contributed by atoms with E-state index in [1.54, 1.807) is 23.1 Å². The van der Waals surface area contributed by atoms with Crippen LogP contribution in [0.4, 0.5) is 0 Å². The third kappa shape index (κ3) is 3.00. The van der Waals surface area contributed by atoms with Gasteiger partial charge in [-0.25, -0.2) is 9.67 Å². The smallest absolute Gasteiger partial charge is 0.291 e. The van der Waals surface area contributed by atoms with Crippen molar-refractivity contribution in [3.63, 3.8) is 0 Å². The van der Waals surface area contributed by atoms with Crippen molar-refractivity contribution >= 4 is 5.91 Å². The first-order valence-corrected chi connectivity index (χ1v) is 6.51. The number of hydrogen-bond donors (Lipinski definition) is 1. The highest BCUT2D eigenvalue weighted by Gasteiger charge is 2.12. The lowest BCUT2D eigenvalue weighted by molar-refractivity contribution is 0.0937. The van der Waals surface area contributed by atoms with Crippen molar-refractivity contribution in [2.45, 2.75) is 13.5 Å². The van der Waals surface area contributed by atoms with Crippen LogP contribution in [0, 0.1) is 6.92 Å². The first kappa shape index (κ1) is 13.1. The Bertz CT molecular complexity index is 729. The molecule has 2 heterocycles. The van der Waals surface area contributed by atoms with Gasteiger partial charge in [0.15, 0.2) is 0 Å². The Hall–Kier alpha value is -2.89. The van der Waals surface area contributed by atoms with Gasteiger partial charge >= 0.3 is 0 Å². The number of aryl methyl sites for hydroxylation is 1. The third-order valence-electron chi connectivity index (χ3n) is 3.00. The number of hydrogen-bond acceptors (Lipinski definition) is 4. The largest absolute Gasteiger partial charge is 0.467 e. The van der Waals surface area contributed by atoms with E-state index >= 15 is 0 Å². The highest BCUT2D eigenvalue weighted by Crippen LogP contribution is 2.08. The van der Waals surface area contributed by atoms with E-state index in [1.165, 1.54) is 6.33 Å². The van der Waals surface area contributed by atoms with Gasteiger partial charge in [-0.2, -0.15) is 0 Å². The molecular weight excluding hydrogens is 268 g/mol. The molecule has 0 aliphatic carbocycles. The van der Waals surface area contributed by atoms with Crippen molar-refractivity contribution in [3.05, 3.63) is 66.1 Å². The van der Waals surface area contributed by atoms with Gasteiger partial charge in [0.1, 0.15) is 12.1 Å². The molecule has 21 heavy (non-hydrogen) atoms. The van der Waals surface area contributed by atoms with E-state index in [0.29, 0.717) is 12.3 Å². The van der Waals surface area contributed by atoms with Crippen LogP contribution in [0.3, 0.4) is 0 Å². The lowest BCUT2D eigenvalue weighted by atomic mass is 10.2. The molecule has 1 amide bonds. The van der Waals surface area contributed by atoms with Gasteiger partial charge in [0, 0.05) is 0 Å². The molecule has 0 fully saturated rings. The Kier molecular flexibility index (Phi) is 3.51. The molecule has 0 atom stereocenters. The summed E-state index contributed by atoms with van der Waals surface area (Å²) in [4.78, 5) is 16.0. The van der Waals surface area contributed by atoms with E-state index < -0.39 is 0 Å². The zero-order chi connectivity index (χ0) is 14.7. The molecule has 3 aromatic rings. The van der Waals surface area contributed by atoms with E-state index in [2.05, 4.69) is 15.4 Å². The molecule has 0 aliphatic heterocycles. The molecule has 0 unspecified atom stereocenters. The van der Waals surface area contributed by atoms with Gasteiger partial charge in [-0.15, -0.1) is 5.10 Å². The lowest BCUT2D eigenvalue weighted by Crippen LogP contribution is -2.24. The molecule has 0 bridgehead atoms. The zero-order valence-electron chi connectivity index (χ0n) is 11.5. The second-order valence-corrected chi connectivity index (χ2v) is 4.61. The summed E-state index contributed by atoms with van der Waals surface area (Å²) in [7, 11) is 0. The number of benzene rings is 1. The summed E-state index contributed by atoms with van der Waals surface area (Å²) in [5.41, 5.74) is 2.02. The Morgan fingerprint density at radius 2 is 2.10 bits per heavy atom. The molecule has 3 rings (SSSR count). The summed E-state index contributed by atoms with van der Waals surface area (Å²) in [6.07, 6.45) is 3.08. The van der Waals surface area contributed by atoms with Crippen molar-refractivity contribution in [1.82, 2.24) is 20.1 Å². The van der Waals surface area contributed by atoms with E-state index in [1.807, 2.05) is 31.2 Å². The predicted molar refractivity (Wildman–Crippen MR) is 76.0 cm³/mol. The molecule has 0 saturated carbocycles. The number of amides is 1. The van der Waals surface area contributed by atoms with Crippen LogP contribution in [-0.4, -0.2) is 20.7 Å². The molecule has 0 radical (unpaired) electrons. The summed E-state index contributed by atoms with van der Waals surface area (Å²) in [6.45, 7) is 2.32. The Labute approximate surface area is 121 Å². The molecule has 1 aromatic carbocycles. The van der Waals surface area contributed by atoms with Crippen LogP contribution in [-0.2, 0) is 6.54 Å². The van der Waals surface area contributed by atoms with Crippen LogP contribution < -0.4 is 5.32 Å². The van der Waals surface area contributed by atoms with E-state index in [0.717, 1.165) is 11.3 Å². The molecule has 0 saturated heterocycles. The molecule has 2 aromatic heterocycles. The molecular formula is C15H14N4O2. The number of aromatic nitrogens is 3. The highest BCUT2D eigenvalue weighted by molar-refractivity contribution is 5.90. The van der Waals surface area contributed by atoms with Crippen LogP contribution in [0.25, 0.3) is 5.69 Å². The van der Waals surface area contributed by atoms with E-state index in [4.69, 9.17) is 4.42 Å². The zero-order valence-corrected chi connectivity index (χ0v) is 11.5. The summed E-state index contributed by atoms with van der Waals surface area (Å²) in [5, 5.41) is 6.88. The average Bonchev–Trinajstić information content (AvgIpc) is 3.17. The van der Waals surface area contributed by atoms with Crippen molar-refractivity contribution in [2.24, 2.45) is 0 Å². The summed E-state index contributed by atoms with van der Waals surface area (Å²) < 4.78 is 6.72. The van der Waals surface area contributed by atoms with Crippen molar-refractivity contribution < 1.29 is 9.21 Å². The normalized spacial score (nSPS) is 10.5. The third-order valence-corrected chi connectivity index (χ3v) is 3.00. The van der Waals surface area contributed by atoms with Gasteiger partial charge < -0.3 is 9.73 Å². The highest BCUT2D eigenvalue weighted by atomic mass is 16.3. The van der Waals surface area contributed by atoms with Gasteiger partial charge in [0.05, 0.1) is 18.5 Å². The second kappa shape index (κ2) is 5.62. The lowest BCUT2D eigenvalue weighted by Gasteiger charge is -2.01. The first-order chi connectivity index (χ1) is 10.2. The minimum atomic E-state index is -0.336. The molecule has 106 valence electrons. The standard InChI is InChI=1S/C15H14N4O2/c1-11-4-6-12(7-5-11)19-10-17-14(18-19)15(20)16-9-13-3-2-8-21-13/h2-8,10H,9H2,1H3,(H,16,20). The number of furan rings is 1. The SMILES string of the molecule is Cc1ccc(-n2cnc(C(=O)NCc3ccco3)n2)cc1. The molecule has 0 spiro atoms. The molecule has 6 nitrogen and oxygen atoms in total. The van der Waals surface area contributed by atoms with Crippen molar-refractivity contribution in [1.29, 1.82) is 0 Å². The van der Waals surface area contributed by atoms with E-state index in [-0.39, 0.29) is 11.7 Å². The van der Waals surface area contributed by atoms with Crippen molar-refractivity contribution in [2.75, 3.05) is 0 Å². The number of carbonyl (C=O) groups excluding carboxylic acids is 1. The molecule has 1 N–H and O–H groups in total. The Morgan fingerprint density at radius 3 is 2.81 bits per heavy atom. The fraction of sp³-hybridized carbons (Fsp3) is 0.133. The topological polar surface area (TPSA) is 73.0 Å². The van der Waals surface area contributed by atoms with Crippen LogP contribution in [0.1, 0.15) is 21.9 Å². The summed E-state index contributed by atoms with van der Waals surface area (Å²) in [5.74, 6) is 0.473. The predicted octanol–water partition coefficient (Wildman–Crippen LogP) is 2.10. The van der Waals surface area contributed by atoms with Gasteiger partial charge in [-0.3, -0.25) is 4.79 Å². The molecule has 6 heteroatoms. The Morgan fingerprint density at radius 1 is 1.29 bits per heavy atom. The van der Waals surface area contributed by atoms with Gasteiger partial charge in [-0.1, -0.05) is 17.7 Å². The monoisotopic (exact) mass is 282 g/mol. The van der Waals surface area contributed by atoms with Crippen LogP contribution >= 0.6 is 0 Å². The van der Waals surface area contributed by atoms with Crippen molar-refractivity contribution in [3.8, 4) is 5.69 Å².